The molecule has 0 radical (unpaired) electrons. The maximum Gasteiger partial charge on any atom is 0.135 e. The van der Waals surface area contributed by atoms with E-state index >= 15 is 0 Å². The first-order valence-electron chi connectivity index (χ1n) is 11.1. The van der Waals surface area contributed by atoms with E-state index in [-0.39, 0.29) is 5.41 Å². The van der Waals surface area contributed by atoms with Crippen LogP contribution in [0.25, 0.3) is 43.8 Å². The fraction of sp³-hybridized carbons (Fsp3) is 0.276. The summed E-state index contributed by atoms with van der Waals surface area (Å²) in [5.41, 5.74) is 5.72. The zero-order valence-electron chi connectivity index (χ0n) is 19.2. The van der Waals surface area contributed by atoms with Gasteiger partial charge in [0.05, 0.1) is 5.69 Å². The van der Waals surface area contributed by atoms with Crippen LogP contribution in [-0.4, -0.2) is 4.98 Å². The van der Waals surface area contributed by atoms with Gasteiger partial charge in [-0.2, -0.15) is 0 Å². The second-order valence-corrected chi connectivity index (χ2v) is 10.00. The van der Waals surface area contributed by atoms with Gasteiger partial charge in [0.25, 0.3) is 0 Å². The first-order chi connectivity index (χ1) is 14.7. The molecule has 5 rings (SSSR count). The Morgan fingerprint density at radius 1 is 0.806 bits per heavy atom. The van der Waals surface area contributed by atoms with Crippen LogP contribution < -0.4 is 0 Å². The molecular formula is C29H29NO. The Hall–Kier alpha value is -3.13. The van der Waals surface area contributed by atoms with E-state index in [2.05, 4.69) is 89.2 Å². The largest absolute Gasteiger partial charge is 0.461 e. The van der Waals surface area contributed by atoms with Crippen molar-refractivity contribution in [1.29, 1.82) is 0 Å². The van der Waals surface area contributed by atoms with Crippen molar-refractivity contribution in [3.05, 3.63) is 77.7 Å². The third kappa shape index (κ3) is 3.31. The first kappa shape index (κ1) is 19.8. The van der Waals surface area contributed by atoms with E-state index in [0.717, 1.165) is 22.6 Å². The number of hydrogen-bond donors (Lipinski definition) is 0. The van der Waals surface area contributed by atoms with E-state index in [9.17, 15) is 0 Å². The molecular weight excluding hydrogens is 378 g/mol. The number of hydrogen-bond acceptors (Lipinski definition) is 2. The maximum atomic E-state index is 6.06. The number of nitrogens with zero attached hydrogens (tertiary/aromatic N) is 1. The summed E-state index contributed by atoms with van der Waals surface area (Å²) in [7, 11) is 0. The van der Waals surface area contributed by atoms with Crippen LogP contribution in [0.15, 0.2) is 65.2 Å². The summed E-state index contributed by atoms with van der Waals surface area (Å²) >= 11 is 0. The fourth-order valence-electron chi connectivity index (χ4n) is 4.63. The highest BCUT2D eigenvalue weighted by atomic mass is 16.3. The highest BCUT2D eigenvalue weighted by Gasteiger charge is 2.21. The molecule has 0 saturated heterocycles. The Morgan fingerprint density at radius 2 is 1.58 bits per heavy atom. The molecule has 2 aromatic heterocycles. The predicted molar refractivity (Wildman–Crippen MR) is 132 cm³/mol. The lowest BCUT2D eigenvalue weighted by Gasteiger charge is -2.21. The van der Waals surface area contributed by atoms with Crippen molar-refractivity contribution in [2.75, 3.05) is 0 Å². The van der Waals surface area contributed by atoms with E-state index < -0.39 is 0 Å². The lowest BCUT2D eigenvalue weighted by molar-refractivity contribution is 0.575. The molecule has 0 N–H and O–H groups in total. The van der Waals surface area contributed by atoms with Gasteiger partial charge in [0.15, 0.2) is 0 Å². The standard InChI is InChI=1S/C29H29NO/c1-17(2)19-7-9-22-20(14-19)8-10-24-23(22)11-12-30-28(24)21-15-26(29(4,5)6)25-13-18(3)31-27(25)16-21/h7-17H,1-6H3. The Bertz CT molecular complexity index is 1450. The lowest BCUT2D eigenvalue weighted by Crippen LogP contribution is -2.11. The molecule has 3 aromatic carbocycles. The predicted octanol–water partition coefficient (Wildman–Crippen LogP) is 8.53. The molecule has 0 aliphatic rings. The zero-order valence-corrected chi connectivity index (χ0v) is 19.2. The van der Waals surface area contributed by atoms with Gasteiger partial charge in [0.2, 0.25) is 0 Å². The van der Waals surface area contributed by atoms with Gasteiger partial charge >= 0.3 is 0 Å². The summed E-state index contributed by atoms with van der Waals surface area (Å²) < 4.78 is 6.06. The van der Waals surface area contributed by atoms with Crippen LogP contribution in [0, 0.1) is 6.92 Å². The van der Waals surface area contributed by atoms with Gasteiger partial charge in [0, 0.05) is 22.5 Å². The number of benzene rings is 3. The molecule has 2 heteroatoms. The van der Waals surface area contributed by atoms with Crippen molar-refractivity contribution in [2.24, 2.45) is 0 Å². The molecule has 156 valence electrons. The van der Waals surface area contributed by atoms with Gasteiger partial charge in [-0.15, -0.1) is 0 Å². The zero-order chi connectivity index (χ0) is 21.9. The maximum absolute atomic E-state index is 6.06. The second-order valence-electron chi connectivity index (χ2n) is 10.00. The monoisotopic (exact) mass is 407 g/mol. The molecule has 0 aliphatic heterocycles. The average molecular weight is 408 g/mol. The van der Waals surface area contributed by atoms with E-state index in [4.69, 9.17) is 9.40 Å². The summed E-state index contributed by atoms with van der Waals surface area (Å²) in [5.74, 6) is 1.46. The van der Waals surface area contributed by atoms with E-state index in [1.807, 2.05) is 13.1 Å². The number of pyridine rings is 1. The highest BCUT2D eigenvalue weighted by Crippen LogP contribution is 2.38. The fourth-order valence-corrected chi connectivity index (χ4v) is 4.63. The summed E-state index contributed by atoms with van der Waals surface area (Å²) in [6.45, 7) is 13.3. The Kier molecular flexibility index (Phi) is 4.44. The van der Waals surface area contributed by atoms with Crippen LogP contribution >= 0.6 is 0 Å². The number of aromatic nitrogens is 1. The molecule has 0 unspecified atom stereocenters. The molecule has 0 amide bonds. The number of rotatable bonds is 2. The van der Waals surface area contributed by atoms with E-state index in [1.165, 1.54) is 38.1 Å². The topological polar surface area (TPSA) is 26.0 Å². The molecule has 2 heterocycles. The van der Waals surface area contributed by atoms with Crippen molar-refractivity contribution >= 4 is 32.5 Å². The minimum Gasteiger partial charge on any atom is -0.461 e. The van der Waals surface area contributed by atoms with Gasteiger partial charge < -0.3 is 4.42 Å². The van der Waals surface area contributed by atoms with Crippen LogP contribution in [0.4, 0.5) is 0 Å². The average Bonchev–Trinajstić information content (AvgIpc) is 3.11. The molecule has 0 atom stereocenters. The van der Waals surface area contributed by atoms with Crippen molar-refractivity contribution in [3.63, 3.8) is 0 Å². The molecule has 5 aromatic rings. The van der Waals surface area contributed by atoms with Crippen LogP contribution in [0.5, 0.6) is 0 Å². The van der Waals surface area contributed by atoms with Gasteiger partial charge in [-0.25, -0.2) is 0 Å². The van der Waals surface area contributed by atoms with Gasteiger partial charge in [-0.1, -0.05) is 65.0 Å². The normalized spacial score (nSPS) is 12.5. The smallest absolute Gasteiger partial charge is 0.135 e. The van der Waals surface area contributed by atoms with Crippen LogP contribution in [-0.2, 0) is 5.41 Å². The van der Waals surface area contributed by atoms with Gasteiger partial charge in [-0.3, -0.25) is 4.98 Å². The lowest BCUT2D eigenvalue weighted by atomic mass is 9.83. The van der Waals surface area contributed by atoms with Crippen molar-refractivity contribution in [3.8, 4) is 11.3 Å². The van der Waals surface area contributed by atoms with Crippen molar-refractivity contribution < 1.29 is 4.42 Å². The Balaban J connectivity index is 1.79. The van der Waals surface area contributed by atoms with Crippen LogP contribution in [0.2, 0.25) is 0 Å². The number of fused-ring (bicyclic) bond motifs is 4. The minimum absolute atomic E-state index is 0.00903. The Labute approximate surface area is 183 Å². The van der Waals surface area contributed by atoms with Crippen molar-refractivity contribution in [1.82, 2.24) is 4.98 Å². The molecule has 0 bridgehead atoms. The van der Waals surface area contributed by atoms with Crippen LogP contribution in [0.1, 0.15) is 57.4 Å². The quantitative estimate of drug-likeness (QED) is 0.274. The number of aryl methyl sites for hydroxylation is 1. The third-order valence-electron chi connectivity index (χ3n) is 6.29. The summed E-state index contributed by atoms with van der Waals surface area (Å²) in [5, 5.41) is 6.17. The van der Waals surface area contributed by atoms with Gasteiger partial charge in [0.1, 0.15) is 11.3 Å². The van der Waals surface area contributed by atoms with E-state index in [1.54, 1.807) is 0 Å². The molecule has 0 fully saturated rings. The molecule has 0 saturated carbocycles. The third-order valence-corrected chi connectivity index (χ3v) is 6.29. The summed E-state index contributed by atoms with van der Waals surface area (Å²) in [4.78, 5) is 4.82. The van der Waals surface area contributed by atoms with Crippen molar-refractivity contribution in [2.45, 2.75) is 52.9 Å². The number of furan rings is 1. The minimum atomic E-state index is 0.00903. The van der Waals surface area contributed by atoms with E-state index in [0.29, 0.717) is 5.92 Å². The molecule has 0 spiro atoms. The summed E-state index contributed by atoms with van der Waals surface area (Å²) in [6, 6.07) is 20.0. The van der Waals surface area contributed by atoms with Crippen LogP contribution in [0.3, 0.4) is 0 Å². The Morgan fingerprint density at radius 3 is 2.32 bits per heavy atom. The summed E-state index contributed by atoms with van der Waals surface area (Å²) in [6.07, 6.45) is 1.93. The SMILES string of the molecule is Cc1cc2c(C(C)(C)C)cc(-c3nccc4c3ccc3cc(C(C)C)ccc34)cc2o1. The molecule has 0 aliphatic carbocycles. The second kappa shape index (κ2) is 6.95. The molecule has 2 nitrogen and oxygen atoms in total. The first-order valence-corrected chi connectivity index (χ1v) is 11.1. The molecule has 31 heavy (non-hydrogen) atoms. The highest BCUT2D eigenvalue weighted by molar-refractivity contribution is 6.11. The van der Waals surface area contributed by atoms with Gasteiger partial charge in [-0.05, 0) is 69.8 Å².